The average Bonchev–Trinajstić information content (AvgIpc) is 3.28. The summed E-state index contributed by atoms with van der Waals surface area (Å²) < 4.78 is 0. The van der Waals surface area contributed by atoms with Gasteiger partial charge >= 0.3 is 6.03 Å². The fraction of sp³-hybridized carbons (Fsp3) is 0.625. The Morgan fingerprint density at radius 2 is 1.77 bits per heavy atom. The van der Waals surface area contributed by atoms with Crippen LogP contribution in [0.4, 0.5) is 4.79 Å². The predicted molar refractivity (Wildman–Crippen MR) is 115 cm³/mol. The molecule has 4 amide bonds. The third kappa shape index (κ3) is 3.72. The van der Waals surface area contributed by atoms with E-state index in [9.17, 15) is 14.4 Å². The average molecular weight is 412 g/mol. The number of benzene rings is 1. The molecule has 1 spiro atoms. The van der Waals surface area contributed by atoms with Gasteiger partial charge in [-0.1, -0.05) is 51.1 Å². The largest absolute Gasteiger partial charge is 0.334 e. The Balaban J connectivity index is 1.43. The number of rotatable bonds is 3. The molecule has 2 aliphatic heterocycles. The maximum atomic E-state index is 13.2. The molecule has 3 aliphatic rings. The second-order valence-electron chi connectivity index (χ2n) is 10.2. The highest BCUT2D eigenvalue weighted by Crippen LogP contribution is 2.43. The number of likely N-dealkylation sites (tertiary alicyclic amines) is 1. The SMILES string of the molecule is CC(C)(C)C1CCC2(CC1)NC(=O)N(CC(=O)N1CCCC1c1ccccc1)C2=O. The van der Waals surface area contributed by atoms with Crippen molar-refractivity contribution in [2.75, 3.05) is 13.1 Å². The third-order valence-corrected chi connectivity index (χ3v) is 7.36. The predicted octanol–water partition coefficient (Wildman–Crippen LogP) is 3.88. The van der Waals surface area contributed by atoms with Crippen molar-refractivity contribution in [3.05, 3.63) is 35.9 Å². The van der Waals surface area contributed by atoms with Gasteiger partial charge in [0, 0.05) is 6.54 Å². The molecule has 1 atom stereocenters. The summed E-state index contributed by atoms with van der Waals surface area (Å²) in [7, 11) is 0. The summed E-state index contributed by atoms with van der Waals surface area (Å²) in [6.45, 7) is 7.19. The molecule has 30 heavy (non-hydrogen) atoms. The van der Waals surface area contributed by atoms with E-state index in [1.54, 1.807) is 0 Å². The lowest BCUT2D eigenvalue weighted by molar-refractivity contribution is -0.140. The van der Waals surface area contributed by atoms with Crippen molar-refractivity contribution in [2.24, 2.45) is 11.3 Å². The Kier molecular flexibility index (Phi) is 5.37. The lowest BCUT2D eigenvalue weighted by Crippen LogP contribution is -2.51. The fourth-order valence-corrected chi connectivity index (χ4v) is 5.45. The quantitative estimate of drug-likeness (QED) is 0.768. The number of urea groups is 1. The number of hydrogen-bond donors (Lipinski definition) is 1. The van der Waals surface area contributed by atoms with Crippen LogP contribution in [0.25, 0.3) is 0 Å². The molecule has 6 nitrogen and oxygen atoms in total. The summed E-state index contributed by atoms with van der Waals surface area (Å²) in [5, 5.41) is 2.95. The van der Waals surface area contributed by atoms with Crippen LogP contribution in [-0.2, 0) is 9.59 Å². The first-order valence-electron chi connectivity index (χ1n) is 11.2. The zero-order chi connectivity index (χ0) is 21.5. The summed E-state index contributed by atoms with van der Waals surface area (Å²) in [6, 6.07) is 9.59. The molecule has 162 valence electrons. The van der Waals surface area contributed by atoms with Crippen molar-refractivity contribution in [2.45, 2.75) is 70.9 Å². The van der Waals surface area contributed by atoms with Crippen LogP contribution in [0.15, 0.2) is 30.3 Å². The summed E-state index contributed by atoms with van der Waals surface area (Å²) in [5.41, 5.74) is 0.492. The van der Waals surface area contributed by atoms with Crippen molar-refractivity contribution in [3.63, 3.8) is 0 Å². The van der Waals surface area contributed by atoms with Gasteiger partial charge in [0.2, 0.25) is 5.91 Å². The van der Waals surface area contributed by atoms with Crippen LogP contribution in [0, 0.1) is 11.3 Å². The third-order valence-electron chi connectivity index (χ3n) is 7.36. The van der Waals surface area contributed by atoms with Crippen LogP contribution >= 0.6 is 0 Å². The molecule has 6 heteroatoms. The van der Waals surface area contributed by atoms with E-state index in [-0.39, 0.29) is 29.8 Å². The molecule has 0 bridgehead atoms. The van der Waals surface area contributed by atoms with Crippen molar-refractivity contribution in [1.82, 2.24) is 15.1 Å². The highest BCUT2D eigenvalue weighted by molar-refractivity contribution is 6.09. The molecule has 0 radical (unpaired) electrons. The summed E-state index contributed by atoms with van der Waals surface area (Å²) in [5.74, 6) is 0.175. The molecule has 1 N–H and O–H groups in total. The summed E-state index contributed by atoms with van der Waals surface area (Å²) >= 11 is 0. The van der Waals surface area contributed by atoms with Gasteiger partial charge in [-0.2, -0.15) is 0 Å². The van der Waals surface area contributed by atoms with Gasteiger partial charge in [-0.15, -0.1) is 0 Å². The molecular formula is C24H33N3O3. The smallest absolute Gasteiger partial charge is 0.325 e. The molecule has 1 aliphatic carbocycles. The van der Waals surface area contributed by atoms with Crippen molar-refractivity contribution >= 4 is 17.8 Å². The Labute approximate surface area is 179 Å². The minimum absolute atomic E-state index is 0.0238. The Morgan fingerprint density at radius 3 is 2.40 bits per heavy atom. The maximum Gasteiger partial charge on any atom is 0.325 e. The van der Waals surface area contributed by atoms with Gasteiger partial charge in [-0.05, 0) is 55.4 Å². The van der Waals surface area contributed by atoms with Crippen LogP contribution in [0.3, 0.4) is 0 Å². The van der Waals surface area contributed by atoms with Gasteiger partial charge < -0.3 is 10.2 Å². The number of carbonyl (C=O) groups is 3. The van der Waals surface area contributed by atoms with E-state index >= 15 is 0 Å². The zero-order valence-electron chi connectivity index (χ0n) is 18.3. The normalized spacial score (nSPS) is 29.6. The van der Waals surface area contributed by atoms with Gasteiger partial charge in [-0.3, -0.25) is 14.5 Å². The molecule has 1 saturated carbocycles. The highest BCUT2D eigenvalue weighted by Gasteiger charge is 2.53. The number of nitrogens with zero attached hydrogens (tertiary/aromatic N) is 2. The number of amides is 4. The van der Waals surface area contributed by atoms with E-state index in [4.69, 9.17) is 0 Å². The van der Waals surface area contributed by atoms with Gasteiger partial charge in [0.25, 0.3) is 5.91 Å². The number of hydrogen-bond acceptors (Lipinski definition) is 3. The second kappa shape index (κ2) is 7.71. The zero-order valence-corrected chi connectivity index (χ0v) is 18.3. The van der Waals surface area contributed by atoms with E-state index < -0.39 is 11.6 Å². The van der Waals surface area contributed by atoms with E-state index in [0.29, 0.717) is 25.3 Å². The van der Waals surface area contributed by atoms with E-state index in [0.717, 1.165) is 36.1 Å². The first-order chi connectivity index (χ1) is 14.2. The molecule has 4 rings (SSSR count). The molecule has 1 unspecified atom stereocenters. The van der Waals surface area contributed by atoms with Gasteiger partial charge in [0.05, 0.1) is 6.04 Å². The first kappa shape index (κ1) is 20.9. The van der Waals surface area contributed by atoms with Crippen LogP contribution in [-0.4, -0.2) is 46.3 Å². The van der Waals surface area contributed by atoms with Crippen molar-refractivity contribution in [3.8, 4) is 0 Å². The summed E-state index contributed by atoms with van der Waals surface area (Å²) in [4.78, 5) is 42.0. The van der Waals surface area contributed by atoms with Crippen molar-refractivity contribution < 1.29 is 14.4 Å². The lowest BCUT2D eigenvalue weighted by Gasteiger charge is -2.40. The molecule has 2 saturated heterocycles. The number of imide groups is 1. The summed E-state index contributed by atoms with van der Waals surface area (Å²) in [6.07, 6.45) is 4.98. The topological polar surface area (TPSA) is 69.7 Å². The Hall–Kier alpha value is -2.37. The van der Waals surface area contributed by atoms with E-state index in [2.05, 4.69) is 26.1 Å². The maximum absolute atomic E-state index is 13.2. The first-order valence-corrected chi connectivity index (χ1v) is 11.2. The van der Waals surface area contributed by atoms with Crippen molar-refractivity contribution in [1.29, 1.82) is 0 Å². The fourth-order valence-electron chi connectivity index (χ4n) is 5.45. The Morgan fingerprint density at radius 1 is 1.10 bits per heavy atom. The number of carbonyl (C=O) groups excluding carboxylic acids is 3. The van der Waals surface area contributed by atoms with Crippen LogP contribution < -0.4 is 5.32 Å². The van der Waals surface area contributed by atoms with E-state index in [1.165, 1.54) is 0 Å². The van der Waals surface area contributed by atoms with Crippen LogP contribution in [0.1, 0.15) is 70.9 Å². The molecule has 3 fully saturated rings. The highest BCUT2D eigenvalue weighted by atomic mass is 16.2. The lowest BCUT2D eigenvalue weighted by atomic mass is 9.67. The van der Waals surface area contributed by atoms with E-state index in [1.807, 2.05) is 35.2 Å². The van der Waals surface area contributed by atoms with Crippen LogP contribution in [0.5, 0.6) is 0 Å². The molecule has 0 aromatic heterocycles. The van der Waals surface area contributed by atoms with Crippen LogP contribution in [0.2, 0.25) is 0 Å². The second-order valence-corrected chi connectivity index (χ2v) is 10.2. The molecule has 1 aromatic rings. The van der Waals surface area contributed by atoms with Gasteiger partial charge in [0.15, 0.2) is 0 Å². The van der Waals surface area contributed by atoms with Gasteiger partial charge in [0.1, 0.15) is 12.1 Å². The Bertz CT molecular complexity index is 822. The van der Waals surface area contributed by atoms with Gasteiger partial charge in [-0.25, -0.2) is 4.79 Å². The molecule has 1 aromatic carbocycles. The number of nitrogens with one attached hydrogen (secondary N) is 1. The minimum Gasteiger partial charge on any atom is -0.334 e. The molecular weight excluding hydrogens is 378 g/mol. The monoisotopic (exact) mass is 411 g/mol. The minimum atomic E-state index is -0.817. The molecule has 2 heterocycles. The standard InChI is InChI=1S/C24H33N3O3/c1-23(2,3)18-11-13-24(14-12-18)21(29)27(22(30)25-24)16-20(28)26-15-7-10-19(26)17-8-5-4-6-9-17/h4-6,8-9,18-19H,7,10-16H2,1-3H3,(H,25,30).